The summed E-state index contributed by atoms with van der Waals surface area (Å²) < 4.78 is 2.27. The zero-order valence-corrected chi connectivity index (χ0v) is 18.2. The Morgan fingerprint density at radius 1 is 0.938 bits per heavy atom. The Bertz CT molecular complexity index is 1190. The Labute approximate surface area is 188 Å². The maximum atomic E-state index is 12.7. The summed E-state index contributed by atoms with van der Waals surface area (Å²) in [6.45, 7) is 3.31. The molecule has 0 spiro atoms. The van der Waals surface area contributed by atoms with Gasteiger partial charge in [0.15, 0.2) is 0 Å². The van der Waals surface area contributed by atoms with Gasteiger partial charge in [-0.3, -0.25) is 9.69 Å². The third-order valence-electron chi connectivity index (χ3n) is 6.34. The Hall–Kier alpha value is -3.44. The molecule has 0 atom stereocenters. The lowest BCUT2D eigenvalue weighted by Gasteiger charge is -2.31. The third-order valence-corrected chi connectivity index (χ3v) is 6.34. The van der Waals surface area contributed by atoms with Gasteiger partial charge < -0.3 is 9.88 Å². The van der Waals surface area contributed by atoms with Crippen molar-refractivity contribution in [1.29, 1.82) is 0 Å². The first-order valence-corrected chi connectivity index (χ1v) is 11.3. The predicted octanol–water partition coefficient (Wildman–Crippen LogP) is 5.05. The van der Waals surface area contributed by atoms with E-state index in [2.05, 4.69) is 68.4 Å². The number of hydrogen-bond acceptors (Lipinski definition) is 3. The molecule has 2 heterocycles. The first-order valence-electron chi connectivity index (χ1n) is 11.3. The van der Waals surface area contributed by atoms with E-state index in [1.54, 1.807) is 0 Å². The largest absolute Gasteiger partial charge is 0.331 e. The number of rotatable bonds is 6. The van der Waals surface area contributed by atoms with Gasteiger partial charge in [-0.2, -0.15) is 0 Å². The average Bonchev–Trinajstić information content (AvgIpc) is 3.29. The normalized spacial score (nSPS) is 15.1. The van der Waals surface area contributed by atoms with Crippen LogP contribution in [0.5, 0.6) is 0 Å². The van der Waals surface area contributed by atoms with Crippen LogP contribution in [0.4, 0.5) is 5.69 Å². The maximum absolute atomic E-state index is 12.7. The third kappa shape index (κ3) is 4.58. The van der Waals surface area contributed by atoms with E-state index in [1.807, 2.05) is 36.5 Å². The number of nitrogens with zero attached hydrogens (tertiary/aromatic N) is 3. The van der Waals surface area contributed by atoms with Crippen LogP contribution in [0.15, 0.2) is 85.2 Å². The van der Waals surface area contributed by atoms with Crippen LogP contribution in [0.25, 0.3) is 22.2 Å². The van der Waals surface area contributed by atoms with Gasteiger partial charge in [-0.25, -0.2) is 4.98 Å². The van der Waals surface area contributed by atoms with Gasteiger partial charge in [-0.15, -0.1) is 0 Å². The predicted molar refractivity (Wildman–Crippen MR) is 129 cm³/mol. The maximum Gasteiger partial charge on any atom is 0.238 e. The number of hydrogen-bond donors (Lipinski definition) is 1. The molecular formula is C27H28N4O. The van der Waals surface area contributed by atoms with Gasteiger partial charge in [0.25, 0.3) is 0 Å². The van der Waals surface area contributed by atoms with Gasteiger partial charge in [0.2, 0.25) is 5.91 Å². The van der Waals surface area contributed by atoms with Crippen molar-refractivity contribution < 1.29 is 4.79 Å². The van der Waals surface area contributed by atoms with Crippen molar-refractivity contribution >= 4 is 22.4 Å². The molecular weight excluding hydrogens is 396 g/mol. The number of amides is 1. The summed E-state index contributed by atoms with van der Waals surface area (Å²) in [5.41, 5.74) is 2.04. The minimum absolute atomic E-state index is 0.0563. The number of benzene rings is 3. The zero-order chi connectivity index (χ0) is 21.8. The molecule has 1 saturated heterocycles. The van der Waals surface area contributed by atoms with Gasteiger partial charge in [0.1, 0.15) is 5.82 Å². The van der Waals surface area contributed by atoms with Crippen molar-refractivity contribution in [1.82, 2.24) is 14.5 Å². The number of likely N-dealkylation sites (tertiary alicyclic amines) is 1. The molecule has 1 N–H and O–H groups in total. The molecule has 0 radical (unpaired) electrons. The molecule has 1 fully saturated rings. The molecule has 162 valence electrons. The molecule has 0 bridgehead atoms. The molecule has 0 unspecified atom stereocenters. The first kappa shape index (κ1) is 20.5. The highest BCUT2D eigenvalue weighted by molar-refractivity contribution is 6.02. The smallest absolute Gasteiger partial charge is 0.238 e. The Balaban J connectivity index is 1.15. The van der Waals surface area contributed by atoms with Crippen LogP contribution in [-0.4, -0.2) is 40.0 Å². The van der Waals surface area contributed by atoms with Crippen LogP contribution in [0.1, 0.15) is 12.8 Å². The van der Waals surface area contributed by atoms with Crippen LogP contribution in [0, 0.1) is 5.92 Å². The number of imidazole rings is 1. The number of nitrogens with one attached hydrogen (secondary N) is 1. The van der Waals surface area contributed by atoms with E-state index >= 15 is 0 Å². The highest BCUT2D eigenvalue weighted by Crippen LogP contribution is 2.25. The fourth-order valence-electron chi connectivity index (χ4n) is 4.64. The first-order chi connectivity index (χ1) is 15.8. The Morgan fingerprint density at radius 2 is 1.69 bits per heavy atom. The van der Waals surface area contributed by atoms with Crippen LogP contribution in [0.2, 0.25) is 0 Å². The lowest BCUT2D eigenvalue weighted by atomic mass is 9.96. The van der Waals surface area contributed by atoms with Crippen LogP contribution in [-0.2, 0) is 11.3 Å². The van der Waals surface area contributed by atoms with E-state index < -0.39 is 0 Å². The minimum Gasteiger partial charge on any atom is -0.331 e. The second kappa shape index (κ2) is 9.37. The molecule has 1 amide bonds. The van der Waals surface area contributed by atoms with Crippen molar-refractivity contribution in [3.63, 3.8) is 0 Å². The Morgan fingerprint density at radius 3 is 2.53 bits per heavy atom. The number of piperidine rings is 1. The Kier molecular flexibility index (Phi) is 5.99. The molecule has 5 nitrogen and oxygen atoms in total. The summed E-state index contributed by atoms with van der Waals surface area (Å²) in [5, 5.41) is 5.33. The fourth-order valence-corrected chi connectivity index (χ4v) is 4.64. The number of carbonyl (C=O) groups is 1. The van der Waals surface area contributed by atoms with E-state index in [0.717, 1.165) is 60.3 Å². The highest BCUT2D eigenvalue weighted by Gasteiger charge is 2.22. The average molecular weight is 425 g/mol. The second-order valence-corrected chi connectivity index (χ2v) is 8.56. The van der Waals surface area contributed by atoms with Crippen molar-refractivity contribution in [2.24, 2.45) is 5.92 Å². The molecule has 5 heteroatoms. The summed E-state index contributed by atoms with van der Waals surface area (Å²) >= 11 is 0. The molecule has 3 aromatic carbocycles. The number of fused-ring (bicyclic) bond motifs is 1. The van der Waals surface area contributed by atoms with Gasteiger partial charge in [0, 0.05) is 35.6 Å². The molecule has 0 saturated carbocycles. The molecule has 1 aromatic heterocycles. The number of aromatic nitrogens is 2. The molecule has 32 heavy (non-hydrogen) atoms. The molecule has 1 aliphatic rings. The lowest BCUT2D eigenvalue weighted by molar-refractivity contribution is -0.117. The van der Waals surface area contributed by atoms with Crippen LogP contribution < -0.4 is 5.32 Å². The summed E-state index contributed by atoms with van der Waals surface area (Å²) in [5.74, 6) is 1.69. The van der Waals surface area contributed by atoms with Crippen LogP contribution >= 0.6 is 0 Å². The monoisotopic (exact) mass is 424 g/mol. The van der Waals surface area contributed by atoms with Crippen molar-refractivity contribution in [3.05, 3.63) is 85.2 Å². The minimum atomic E-state index is 0.0563. The fraction of sp³-hybridized carbons (Fsp3) is 0.259. The summed E-state index contributed by atoms with van der Waals surface area (Å²) in [6.07, 6.45) is 6.14. The second-order valence-electron chi connectivity index (χ2n) is 8.56. The van der Waals surface area contributed by atoms with Gasteiger partial charge in [-0.05, 0) is 43.3 Å². The summed E-state index contributed by atoms with van der Waals surface area (Å²) in [7, 11) is 0. The lowest BCUT2D eigenvalue weighted by Crippen LogP contribution is -2.40. The van der Waals surface area contributed by atoms with Crippen molar-refractivity contribution in [2.75, 3.05) is 25.0 Å². The SMILES string of the molecule is O=C(CN1CCC(Cn2ccnc2-c2ccccc2)CC1)Nc1cccc2ccccc12. The molecule has 1 aliphatic heterocycles. The van der Waals surface area contributed by atoms with E-state index in [9.17, 15) is 4.79 Å². The zero-order valence-electron chi connectivity index (χ0n) is 18.2. The van der Waals surface area contributed by atoms with E-state index in [1.165, 1.54) is 0 Å². The van der Waals surface area contributed by atoms with Gasteiger partial charge in [0.05, 0.1) is 6.54 Å². The number of carbonyl (C=O) groups excluding carboxylic acids is 1. The number of anilines is 1. The van der Waals surface area contributed by atoms with E-state index in [0.29, 0.717) is 12.5 Å². The molecule has 0 aliphatic carbocycles. The van der Waals surface area contributed by atoms with Crippen molar-refractivity contribution in [2.45, 2.75) is 19.4 Å². The standard InChI is InChI=1S/C27H28N4O/c32-26(29-25-12-6-10-22-7-4-5-11-24(22)25)20-30-16-13-21(14-17-30)19-31-18-15-28-27(31)23-8-2-1-3-9-23/h1-12,15,18,21H,13-14,16-17,19-20H2,(H,29,32). The van der Waals surface area contributed by atoms with E-state index in [-0.39, 0.29) is 5.91 Å². The van der Waals surface area contributed by atoms with Gasteiger partial charge >= 0.3 is 0 Å². The highest BCUT2D eigenvalue weighted by atomic mass is 16.2. The summed E-state index contributed by atoms with van der Waals surface area (Å²) in [4.78, 5) is 19.5. The summed E-state index contributed by atoms with van der Waals surface area (Å²) in [6, 6.07) is 24.5. The molecule has 4 aromatic rings. The topological polar surface area (TPSA) is 50.2 Å². The van der Waals surface area contributed by atoms with Crippen molar-refractivity contribution in [3.8, 4) is 11.4 Å². The van der Waals surface area contributed by atoms with E-state index in [4.69, 9.17) is 0 Å². The van der Waals surface area contributed by atoms with Crippen LogP contribution in [0.3, 0.4) is 0 Å². The van der Waals surface area contributed by atoms with Gasteiger partial charge in [-0.1, -0.05) is 66.7 Å². The molecule has 5 rings (SSSR count). The quantitative estimate of drug-likeness (QED) is 0.471.